The predicted molar refractivity (Wildman–Crippen MR) is 138 cm³/mol. The number of carboxylic acids is 2. The molecule has 0 aromatic heterocycles. The minimum absolute atomic E-state index is 0.0235. The van der Waals surface area contributed by atoms with Crippen LogP contribution in [0.2, 0.25) is 0 Å². The Labute approximate surface area is 220 Å². The van der Waals surface area contributed by atoms with E-state index in [2.05, 4.69) is 26.8 Å². The zero-order valence-electron chi connectivity index (χ0n) is 21.2. The number of unbranched alkanes of at least 4 members (excludes halogenated alkanes) is 3. The van der Waals surface area contributed by atoms with Crippen molar-refractivity contribution in [2.45, 2.75) is 100 Å². The van der Waals surface area contributed by atoms with Gasteiger partial charge in [0, 0.05) is 12.2 Å². The Kier molecular flexibility index (Phi) is 12.4. The number of amides is 4. The molecule has 0 aromatic carbocycles. The molecule has 37 heavy (non-hydrogen) atoms. The van der Waals surface area contributed by atoms with E-state index in [0.29, 0.717) is 57.2 Å². The molecule has 0 spiro atoms. The zero-order chi connectivity index (χ0) is 27.4. The van der Waals surface area contributed by atoms with Crippen LogP contribution in [-0.2, 0) is 19.2 Å². The van der Waals surface area contributed by atoms with Crippen molar-refractivity contribution in [3.63, 3.8) is 0 Å². The molecule has 13 nitrogen and oxygen atoms in total. The van der Waals surface area contributed by atoms with Gasteiger partial charge in [0.2, 0.25) is 5.91 Å². The highest BCUT2D eigenvalue weighted by atomic mass is 32.2. The highest BCUT2D eigenvalue weighted by Crippen LogP contribution is 2.44. The van der Waals surface area contributed by atoms with E-state index in [-0.39, 0.29) is 24.9 Å². The summed E-state index contributed by atoms with van der Waals surface area (Å²) in [5.74, 6) is -2.48. The second kappa shape index (κ2) is 15.0. The van der Waals surface area contributed by atoms with Gasteiger partial charge in [-0.2, -0.15) is 0 Å². The van der Waals surface area contributed by atoms with Crippen LogP contribution in [0.1, 0.15) is 71.1 Å². The Hall–Kier alpha value is -2.58. The van der Waals surface area contributed by atoms with Crippen LogP contribution in [0.5, 0.6) is 0 Å². The van der Waals surface area contributed by atoms with E-state index < -0.39 is 46.6 Å². The van der Waals surface area contributed by atoms with E-state index in [1.165, 1.54) is 11.8 Å². The summed E-state index contributed by atoms with van der Waals surface area (Å²) in [6, 6.07) is -3.03. The Balaban J connectivity index is 2.11. The van der Waals surface area contributed by atoms with E-state index in [1.807, 2.05) is 6.92 Å². The first-order chi connectivity index (χ1) is 17.6. The van der Waals surface area contributed by atoms with Crippen LogP contribution in [0.25, 0.3) is 0 Å². The van der Waals surface area contributed by atoms with Gasteiger partial charge in [0.25, 0.3) is 5.91 Å². The third-order valence-electron chi connectivity index (χ3n) is 6.68. The maximum atomic E-state index is 13.7. The van der Waals surface area contributed by atoms with Crippen LogP contribution >= 0.6 is 11.8 Å². The first-order valence-electron chi connectivity index (χ1n) is 12.9. The van der Waals surface area contributed by atoms with Crippen molar-refractivity contribution in [1.29, 1.82) is 0 Å². The number of rotatable bonds is 18. The summed E-state index contributed by atoms with van der Waals surface area (Å²) in [5, 5.41) is 26.9. The van der Waals surface area contributed by atoms with Crippen LogP contribution in [0.4, 0.5) is 4.79 Å². The van der Waals surface area contributed by atoms with Crippen molar-refractivity contribution in [3.8, 4) is 0 Å². The SMILES string of the molecule is CCCCC(NC(=O)[C@@]1(CCCCC(=O)O)SC[C@@H]2NC(=O)N[C@@H]21)C(=O)NN[C@@H](CCCCN)C(=O)O. The van der Waals surface area contributed by atoms with Gasteiger partial charge < -0.3 is 31.9 Å². The van der Waals surface area contributed by atoms with Crippen LogP contribution in [-0.4, -0.2) is 81.2 Å². The maximum Gasteiger partial charge on any atom is 0.322 e. The molecular weight excluding hydrogens is 504 g/mol. The molecule has 0 bridgehead atoms. The number of hydrogen-bond acceptors (Lipinski definition) is 8. The van der Waals surface area contributed by atoms with Crippen molar-refractivity contribution in [3.05, 3.63) is 0 Å². The van der Waals surface area contributed by atoms with E-state index in [4.69, 9.17) is 10.8 Å². The monoisotopic (exact) mass is 544 g/mol. The molecule has 2 saturated heterocycles. The lowest BCUT2D eigenvalue weighted by molar-refractivity contribution is -0.141. The molecule has 14 heteroatoms. The molecule has 2 aliphatic rings. The number of carboxylic acid groups (broad SMARTS) is 2. The van der Waals surface area contributed by atoms with Crippen LogP contribution < -0.4 is 32.5 Å². The lowest BCUT2D eigenvalue weighted by atomic mass is 9.88. The molecule has 2 fully saturated rings. The van der Waals surface area contributed by atoms with Gasteiger partial charge >= 0.3 is 18.0 Å². The second-order valence-corrected chi connectivity index (χ2v) is 10.8. The Morgan fingerprint density at radius 1 is 1.08 bits per heavy atom. The number of hydrogen-bond donors (Lipinski definition) is 8. The summed E-state index contributed by atoms with van der Waals surface area (Å²) in [6.07, 6.45) is 4.46. The lowest BCUT2D eigenvalue weighted by Crippen LogP contribution is -2.61. The summed E-state index contributed by atoms with van der Waals surface area (Å²) in [6.45, 7) is 2.39. The van der Waals surface area contributed by atoms with Crippen LogP contribution in [0.15, 0.2) is 0 Å². The Morgan fingerprint density at radius 2 is 1.81 bits per heavy atom. The van der Waals surface area contributed by atoms with E-state index >= 15 is 0 Å². The second-order valence-electron chi connectivity index (χ2n) is 9.48. The molecule has 9 N–H and O–H groups in total. The molecule has 2 heterocycles. The number of thioether (sulfide) groups is 1. The average molecular weight is 545 g/mol. The molecule has 2 aliphatic heterocycles. The fourth-order valence-corrected chi connectivity index (χ4v) is 6.24. The van der Waals surface area contributed by atoms with Gasteiger partial charge in [-0.1, -0.05) is 26.2 Å². The van der Waals surface area contributed by atoms with Gasteiger partial charge in [0.05, 0.1) is 12.1 Å². The van der Waals surface area contributed by atoms with Gasteiger partial charge in [0.1, 0.15) is 16.8 Å². The number of hydrazine groups is 1. The normalized spacial score (nSPS) is 23.9. The van der Waals surface area contributed by atoms with Gasteiger partial charge in [-0.05, 0) is 45.1 Å². The van der Waals surface area contributed by atoms with Crippen molar-refractivity contribution < 1.29 is 34.2 Å². The molecule has 0 aliphatic carbocycles. The average Bonchev–Trinajstić information content (AvgIpc) is 3.39. The minimum Gasteiger partial charge on any atom is -0.481 e. The smallest absolute Gasteiger partial charge is 0.322 e. The number of carbonyl (C=O) groups is 5. The molecule has 0 radical (unpaired) electrons. The van der Waals surface area contributed by atoms with Gasteiger partial charge in [-0.3, -0.25) is 24.6 Å². The summed E-state index contributed by atoms with van der Waals surface area (Å²) < 4.78 is -1.06. The fourth-order valence-electron chi connectivity index (χ4n) is 4.61. The molecule has 210 valence electrons. The van der Waals surface area contributed by atoms with Gasteiger partial charge in [-0.15, -0.1) is 11.8 Å². The number of nitrogens with one attached hydrogen (secondary N) is 5. The molecular formula is C23H40N6O7S. The third-order valence-corrected chi connectivity index (χ3v) is 8.37. The molecule has 1 unspecified atom stereocenters. The van der Waals surface area contributed by atoms with E-state index in [0.717, 1.165) is 6.42 Å². The van der Waals surface area contributed by atoms with Crippen molar-refractivity contribution in [2.75, 3.05) is 12.3 Å². The number of urea groups is 1. The number of nitrogens with two attached hydrogens (primary N) is 1. The van der Waals surface area contributed by atoms with E-state index in [9.17, 15) is 29.1 Å². The minimum atomic E-state index is -1.11. The fraction of sp³-hybridized carbons (Fsp3) is 0.783. The van der Waals surface area contributed by atoms with Crippen LogP contribution in [0.3, 0.4) is 0 Å². The zero-order valence-corrected chi connectivity index (χ0v) is 22.0. The standard InChI is InChI=1S/C23H40N6O7S/c1-2-3-8-14(19(32)29-28-15(20(33)34)9-5-7-12-24)25-21(35)23(11-6-4-10-17(30)31)18-16(13-37-23)26-22(36)27-18/h14-16,18,28H,2-13,24H2,1H3,(H,25,35)(H,29,32)(H,30,31)(H,33,34)(H2,26,27,36)/t14?,15-,16-,18-,23-/m0/s1. The Morgan fingerprint density at radius 3 is 2.46 bits per heavy atom. The van der Waals surface area contributed by atoms with Crippen molar-refractivity contribution >= 4 is 41.5 Å². The first kappa shape index (κ1) is 30.6. The van der Waals surface area contributed by atoms with Crippen LogP contribution in [0, 0.1) is 0 Å². The summed E-state index contributed by atoms with van der Waals surface area (Å²) in [7, 11) is 0. The van der Waals surface area contributed by atoms with Crippen molar-refractivity contribution in [1.82, 2.24) is 26.8 Å². The topological polar surface area (TPSA) is 212 Å². The number of carbonyl (C=O) groups excluding carboxylic acids is 3. The third kappa shape index (κ3) is 8.75. The molecule has 5 atom stereocenters. The lowest BCUT2D eigenvalue weighted by Gasteiger charge is -2.34. The van der Waals surface area contributed by atoms with Gasteiger partial charge in [0.15, 0.2) is 0 Å². The highest BCUT2D eigenvalue weighted by molar-refractivity contribution is 8.01. The number of fused-ring (bicyclic) bond motifs is 1. The first-order valence-corrected chi connectivity index (χ1v) is 13.8. The molecule has 0 aromatic rings. The van der Waals surface area contributed by atoms with Gasteiger partial charge in [-0.25, -0.2) is 10.2 Å². The highest BCUT2D eigenvalue weighted by Gasteiger charge is 2.58. The summed E-state index contributed by atoms with van der Waals surface area (Å²) in [5.41, 5.74) is 10.5. The number of aliphatic carboxylic acids is 2. The largest absolute Gasteiger partial charge is 0.481 e. The van der Waals surface area contributed by atoms with E-state index in [1.54, 1.807) is 0 Å². The Bertz CT molecular complexity index is 831. The van der Waals surface area contributed by atoms with Crippen molar-refractivity contribution in [2.24, 2.45) is 5.73 Å². The molecule has 4 amide bonds. The maximum absolute atomic E-state index is 13.7. The quantitative estimate of drug-likeness (QED) is 0.0659. The summed E-state index contributed by atoms with van der Waals surface area (Å²) >= 11 is 1.39. The molecule has 0 saturated carbocycles. The summed E-state index contributed by atoms with van der Waals surface area (Å²) in [4.78, 5) is 61.2. The molecule has 2 rings (SSSR count). The predicted octanol–water partition coefficient (Wildman–Crippen LogP) is 0.0450.